The number of aromatic nitrogens is 2. The maximum atomic E-state index is 14.0. The molecule has 0 aliphatic rings. The third-order valence-corrected chi connectivity index (χ3v) is 3.58. The van der Waals surface area contributed by atoms with Crippen molar-refractivity contribution in [2.75, 3.05) is 4.90 Å². The standard InChI is InChI=1S/C18H15F2N3O2/c1-12-21-22-17(25-12)10-18(24)23(15-5-3-2-4-6-15)11-13-9-14(19)7-8-16(13)20/h2-9H,10-11H2,1H3. The summed E-state index contributed by atoms with van der Waals surface area (Å²) in [5.74, 6) is -0.986. The summed E-state index contributed by atoms with van der Waals surface area (Å²) in [6.07, 6.45) is -0.132. The van der Waals surface area contributed by atoms with E-state index in [4.69, 9.17) is 4.42 Å². The van der Waals surface area contributed by atoms with Crippen LogP contribution >= 0.6 is 0 Å². The van der Waals surface area contributed by atoms with E-state index in [1.165, 1.54) is 4.90 Å². The molecule has 0 N–H and O–H groups in total. The van der Waals surface area contributed by atoms with Crippen molar-refractivity contribution in [1.29, 1.82) is 0 Å². The monoisotopic (exact) mass is 343 g/mol. The van der Waals surface area contributed by atoms with Crippen LogP contribution in [-0.4, -0.2) is 16.1 Å². The molecule has 1 amide bonds. The normalized spacial score (nSPS) is 10.7. The number of benzene rings is 2. The summed E-state index contributed by atoms with van der Waals surface area (Å²) in [4.78, 5) is 14.1. The summed E-state index contributed by atoms with van der Waals surface area (Å²) < 4.78 is 32.7. The Kier molecular flexibility index (Phi) is 4.83. The zero-order chi connectivity index (χ0) is 17.8. The molecule has 0 saturated heterocycles. The van der Waals surface area contributed by atoms with E-state index in [2.05, 4.69) is 10.2 Å². The van der Waals surface area contributed by atoms with E-state index in [1.54, 1.807) is 37.3 Å². The lowest BCUT2D eigenvalue weighted by molar-refractivity contribution is -0.118. The molecule has 0 fully saturated rings. The number of para-hydroxylation sites is 1. The number of aryl methyl sites for hydroxylation is 1. The predicted octanol–water partition coefficient (Wildman–Crippen LogP) is 3.43. The first kappa shape index (κ1) is 16.8. The van der Waals surface area contributed by atoms with E-state index >= 15 is 0 Å². The van der Waals surface area contributed by atoms with Crippen molar-refractivity contribution in [3.63, 3.8) is 0 Å². The summed E-state index contributed by atoms with van der Waals surface area (Å²) in [6.45, 7) is 1.51. The SMILES string of the molecule is Cc1nnc(CC(=O)N(Cc2cc(F)ccc2F)c2ccccc2)o1. The fourth-order valence-corrected chi connectivity index (χ4v) is 2.40. The molecule has 0 unspecified atom stereocenters. The lowest BCUT2D eigenvalue weighted by Crippen LogP contribution is -2.32. The van der Waals surface area contributed by atoms with Gasteiger partial charge in [0.2, 0.25) is 17.7 Å². The van der Waals surface area contributed by atoms with Gasteiger partial charge in [-0.1, -0.05) is 18.2 Å². The van der Waals surface area contributed by atoms with Crippen LogP contribution < -0.4 is 4.90 Å². The molecule has 0 saturated carbocycles. The summed E-state index contributed by atoms with van der Waals surface area (Å²) in [5.41, 5.74) is 0.645. The quantitative estimate of drug-likeness (QED) is 0.712. The summed E-state index contributed by atoms with van der Waals surface area (Å²) in [7, 11) is 0. The molecule has 1 aromatic heterocycles. The largest absolute Gasteiger partial charge is 0.425 e. The number of halogens is 2. The maximum Gasteiger partial charge on any atom is 0.236 e. The first-order valence-electron chi connectivity index (χ1n) is 7.61. The second kappa shape index (κ2) is 7.21. The molecule has 0 spiro atoms. The van der Waals surface area contributed by atoms with Crippen LogP contribution in [0.5, 0.6) is 0 Å². The van der Waals surface area contributed by atoms with Crippen LogP contribution in [0.4, 0.5) is 14.5 Å². The smallest absolute Gasteiger partial charge is 0.236 e. The minimum atomic E-state index is -0.580. The van der Waals surface area contributed by atoms with E-state index in [9.17, 15) is 13.6 Å². The number of rotatable bonds is 5. The van der Waals surface area contributed by atoms with Gasteiger partial charge in [-0.25, -0.2) is 8.78 Å². The van der Waals surface area contributed by atoms with Crippen LogP contribution in [0.2, 0.25) is 0 Å². The maximum absolute atomic E-state index is 14.0. The summed E-state index contributed by atoms with van der Waals surface area (Å²) >= 11 is 0. The minimum Gasteiger partial charge on any atom is -0.425 e. The highest BCUT2D eigenvalue weighted by atomic mass is 19.1. The lowest BCUT2D eigenvalue weighted by atomic mass is 10.1. The van der Waals surface area contributed by atoms with Gasteiger partial charge in [0.25, 0.3) is 0 Å². The fourth-order valence-electron chi connectivity index (χ4n) is 2.40. The highest BCUT2D eigenvalue weighted by molar-refractivity contribution is 5.94. The van der Waals surface area contributed by atoms with Gasteiger partial charge in [0.05, 0.1) is 6.54 Å². The number of carbonyl (C=O) groups is 1. The van der Waals surface area contributed by atoms with Gasteiger partial charge in [-0.05, 0) is 30.3 Å². The fraction of sp³-hybridized carbons (Fsp3) is 0.167. The molecule has 0 bridgehead atoms. The van der Waals surface area contributed by atoms with Crippen LogP contribution in [0.25, 0.3) is 0 Å². The molecule has 0 aliphatic heterocycles. The Bertz CT molecular complexity index is 881. The van der Waals surface area contributed by atoms with E-state index in [1.807, 2.05) is 0 Å². The third-order valence-electron chi connectivity index (χ3n) is 3.58. The van der Waals surface area contributed by atoms with E-state index in [0.29, 0.717) is 11.6 Å². The van der Waals surface area contributed by atoms with Crippen molar-refractivity contribution in [2.24, 2.45) is 0 Å². The molecule has 128 valence electrons. The van der Waals surface area contributed by atoms with Crippen LogP contribution in [0.3, 0.4) is 0 Å². The van der Waals surface area contributed by atoms with E-state index in [-0.39, 0.29) is 30.3 Å². The first-order chi connectivity index (χ1) is 12.0. The number of hydrogen-bond acceptors (Lipinski definition) is 4. The Balaban J connectivity index is 1.89. The van der Waals surface area contributed by atoms with Gasteiger partial charge < -0.3 is 9.32 Å². The average Bonchev–Trinajstić information content (AvgIpc) is 3.01. The molecule has 0 aliphatic carbocycles. The van der Waals surface area contributed by atoms with Crippen molar-refractivity contribution in [2.45, 2.75) is 19.9 Å². The van der Waals surface area contributed by atoms with E-state index < -0.39 is 11.6 Å². The number of anilines is 1. The zero-order valence-electron chi connectivity index (χ0n) is 13.4. The van der Waals surface area contributed by atoms with Crippen molar-refractivity contribution in [3.8, 4) is 0 Å². The van der Waals surface area contributed by atoms with Gasteiger partial charge in [0.1, 0.15) is 18.1 Å². The molecule has 5 nitrogen and oxygen atoms in total. The van der Waals surface area contributed by atoms with Gasteiger partial charge in [-0.2, -0.15) is 0 Å². The second-order valence-corrected chi connectivity index (χ2v) is 5.44. The van der Waals surface area contributed by atoms with Gasteiger partial charge >= 0.3 is 0 Å². The molecular weight excluding hydrogens is 328 g/mol. The number of amides is 1. The van der Waals surface area contributed by atoms with Gasteiger partial charge in [0, 0.05) is 18.2 Å². The lowest BCUT2D eigenvalue weighted by Gasteiger charge is -2.22. The molecule has 2 aromatic carbocycles. The molecule has 25 heavy (non-hydrogen) atoms. The molecule has 3 rings (SSSR count). The summed E-state index contributed by atoms with van der Waals surface area (Å²) in [5, 5.41) is 7.49. The Labute approximate surface area is 142 Å². The van der Waals surface area contributed by atoms with Crippen LogP contribution in [0.1, 0.15) is 17.3 Å². The average molecular weight is 343 g/mol. The highest BCUT2D eigenvalue weighted by Gasteiger charge is 2.20. The number of nitrogens with zero attached hydrogens (tertiary/aromatic N) is 3. The van der Waals surface area contributed by atoms with Crippen molar-refractivity contribution < 1.29 is 18.0 Å². The van der Waals surface area contributed by atoms with Gasteiger partial charge in [0.15, 0.2) is 0 Å². The van der Waals surface area contributed by atoms with Crippen molar-refractivity contribution in [3.05, 3.63) is 77.5 Å². The first-order valence-corrected chi connectivity index (χ1v) is 7.61. The molecule has 1 heterocycles. The molecule has 7 heteroatoms. The predicted molar refractivity (Wildman–Crippen MR) is 86.7 cm³/mol. The molecular formula is C18H15F2N3O2. The van der Waals surface area contributed by atoms with Gasteiger partial charge in [-0.15, -0.1) is 10.2 Å². The zero-order valence-corrected chi connectivity index (χ0v) is 13.4. The topological polar surface area (TPSA) is 59.2 Å². The van der Waals surface area contributed by atoms with Gasteiger partial charge in [-0.3, -0.25) is 4.79 Å². The Morgan fingerprint density at radius 2 is 1.88 bits per heavy atom. The summed E-state index contributed by atoms with van der Waals surface area (Å²) in [6, 6.07) is 11.9. The second-order valence-electron chi connectivity index (χ2n) is 5.44. The van der Waals surface area contributed by atoms with Crippen LogP contribution in [0.15, 0.2) is 52.9 Å². The molecule has 0 radical (unpaired) electrons. The Hall–Kier alpha value is -3.09. The highest BCUT2D eigenvalue weighted by Crippen LogP contribution is 2.20. The Morgan fingerprint density at radius 3 is 2.56 bits per heavy atom. The van der Waals surface area contributed by atoms with Crippen LogP contribution in [-0.2, 0) is 17.8 Å². The Morgan fingerprint density at radius 1 is 1.12 bits per heavy atom. The number of hydrogen-bond donors (Lipinski definition) is 0. The van der Waals surface area contributed by atoms with E-state index in [0.717, 1.165) is 18.2 Å². The van der Waals surface area contributed by atoms with Crippen LogP contribution in [0, 0.1) is 18.6 Å². The molecule has 3 aromatic rings. The third kappa shape index (κ3) is 4.06. The van der Waals surface area contributed by atoms with Crippen molar-refractivity contribution in [1.82, 2.24) is 10.2 Å². The molecule has 0 atom stereocenters. The number of carbonyl (C=O) groups excluding carboxylic acids is 1. The van der Waals surface area contributed by atoms with Crippen molar-refractivity contribution >= 4 is 11.6 Å². The minimum absolute atomic E-state index is 0.0823.